The van der Waals surface area contributed by atoms with Crippen molar-refractivity contribution >= 4 is 13.1 Å². The predicted molar refractivity (Wildman–Crippen MR) is 94.5 cm³/mol. The van der Waals surface area contributed by atoms with Gasteiger partial charge < -0.3 is 25.8 Å². The van der Waals surface area contributed by atoms with E-state index in [0.717, 1.165) is 45.3 Å². The minimum atomic E-state index is -1.32. The van der Waals surface area contributed by atoms with E-state index < -0.39 is 18.6 Å². The SMILES string of the molecule is CC1(C)CCN(C[C@H]2CC[C@H](CCB(O)O)C[C@@]2(N)C(=O)O)CC1. The Kier molecular flexibility index (Phi) is 6.34. The largest absolute Gasteiger partial charge is 0.480 e. The highest BCUT2D eigenvalue weighted by atomic mass is 16.4. The van der Waals surface area contributed by atoms with Gasteiger partial charge in [-0.2, -0.15) is 0 Å². The highest BCUT2D eigenvalue weighted by Gasteiger charge is 2.47. The van der Waals surface area contributed by atoms with Crippen LogP contribution in [0.25, 0.3) is 0 Å². The van der Waals surface area contributed by atoms with Gasteiger partial charge in [0, 0.05) is 12.5 Å². The van der Waals surface area contributed by atoms with Gasteiger partial charge in [0.15, 0.2) is 0 Å². The predicted octanol–water partition coefficient (Wildman–Crippen LogP) is 1.17. The van der Waals surface area contributed by atoms with Crippen LogP contribution in [-0.4, -0.2) is 58.3 Å². The fourth-order valence-corrected chi connectivity index (χ4v) is 4.24. The van der Waals surface area contributed by atoms with Gasteiger partial charge in [0.05, 0.1) is 0 Å². The zero-order valence-corrected chi connectivity index (χ0v) is 15.1. The summed E-state index contributed by atoms with van der Waals surface area (Å²) in [7, 11) is -1.32. The van der Waals surface area contributed by atoms with Crippen LogP contribution in [0.1, 0.15) is 52.4 Å². The molecule has 0 aromatic carbocycles. The molecule has 2 aliphatic rings. The smallest absolute Gasteiger partial charge is 0.451 e. The van der Waals surface area contributed by atoms with Gasteiger partial charge in [0.2, 0.25) is 0 Å². The molecule has 6 nitrogen and oxygen atoms in total. The molecule has 1 heterocycles. The zero-order valence-electron chi connectivity index (χ0n) is 15.1. The molecule has 3 atom stereocenters. The lowest BCUT2D eigenvalue weighted by atomic mass is 9.66. The molecule has 2 fully saturated rings. The van der Waals surface area contributed by atoms with Crippen molar-refractivity contribution in [2.75, 3.05) is 19.6 Å². The Balaban J connectivity index is 1.95. The Labute approximate surface area is 145 Å². The average Bonchev–Trinajstić information content (AvgIpc) is 2.49. The lowest BCUT2D eigenvalue weighted by molar-refractivity contribution is -0.148. The van der Waals surface area contributed by atoms with Gasteiger partial charge >= 0.3 is 13.1 Å². The fraction of sp³-hybridized carbons (Fsp3) is 0.941. The molecule has 0 unspecified atom stereocenters. The molecule has 1 aliphatic heterocycles. The molecule has 138 valence electrons. The van der Waals surface area contributed by atoms with E-state index in [1.165, 1.54) is 0 Å². The van der Waals surface area contributed by atoms with Gasteiger partial charge in [0.1, 0.15) is 5.54 Å². The standard InChI is InChI=1S/C17H33BN2O4/c1-16(2)6-9-20(10-7-16)12-14-4-3-13(5-8-18(23)24)11-17(14,19)15(21)22/h13-14,23-24H,3-12,19H2,1-2H3,(H,21,22)/t13-,14-,17+/m1/s1. The van der Waals surface area contributed by atoms with Crippen LogP contribution in [0, 0.1) is 17.3 Å². The molecule has 0 aromatic heterocycles. The van der Waals surface area contributed by atoms with Gasteiger partial charge in [-0.15, -0.1) is 0 Å². The Morgan fingerprint density at radius 2 is 1.88 bits per heavy atom. The summed E-state index contributed by atoms with van der Waals surface area (Å²) in [5.41, 5.74) is 5.54. The number of hydrogen-bond acceptors (Lipinski definition) is 5. The Morgan fingerprint density at radius 1 is 1.25 bits per heavy atom. The number of nitrogens with zero attached hydrogens (tertiary/aromatic N) is 1. The molecular weight excluding hydrogens is 307 g/mol. The molecule has 1 aliphatic carbocycles. The molecule has 5 N–H and O–H groups in total. The summed E-state index contributed by atoms with van der Waals surface area (Å²) in [6.07, 6.45) is 5.33. The normalized spacial score (nSPS) is 34.0. The monoisotopic (exact) mass is 340 g/mol. The van der Waals surface area contributed by atoms with E-state index in [1.54, 1.807) is 0 Å². The zero-order chi connectivity index (χ0) is 18.0. The second-order valence-corrected chi connectivity index (χ2v) is 8.71. The van der Waals surface area contributed by atoms with Crippen molar-refractivity contribution in [2.24, 2.45) is 23.0 Å². The molecule has 0 radical (unpaired) electrons. The third-order valence-electron chi connectivity index (χ3n) is 6.20. The van der Waals surface area contributed by atoms with Crippen molar-refractivity contribution < 1.29 is 19.9 Å². The maximum atomic E-state index is 11.9. The quantitative estimate of drug-likeness (QED) is 0.541. The van der Waals surface area contributed by atoms with Gasteiger partial charge in [-0.25, -0.2) is 0 Å². The molecule has 0 amide bonds. The minimum absolute atomic E-state index is 0.0356. The second kappa shape index (κ2) is 7.73. The first-order chi connectivity index (χ1) is 11.1. The van der Waals surface area contributed by atoms with Crippen molar-refractivity contribution in [3.05, 3.63) is 0 Å². The van der Waals surface area contributed by atoms with E-state index >= 15 is 0 Å². The number of carbonyl (C=O) groups is 1. The van der Waals surface area contributed by atoms with Crippen molar-refractivity contribution in [2.45, 2.75) is 64.2 Å². The lowest BCUT2D eigenvalue weighted by Crippen LogP contribution is -2.60. The van der Waals surface area contributed by atoms with Gasteiger partial charge in [0.25, 0.3) is 0 Å². The lowest BCUT2D eigenvalue weighted by Gasteiger charge is -2.45. The van der Waals surface area contributed by atoms with Gasteiger partial charge in [-0.05, 0) is 62.8 Å². The molecule has 2 rings (SSSR count). The van der Waals surface area contributed by atoms with E-state index in [9.17, 15) is 9.90 Å². The van der Waals surface area contributed by atoms with Crippen LogP contribution in [0.3, 0.4) is 0 Å². The molecule has 1 saturated heterocycles. The summed E-state index contributed by atoms with van der Waals surface area (Å²) in [4.78, 5) is 14.2. The summed E-state index contributed by atoms with van der Waals surface area (Å²) < 4.78 is 0. The number of carboxylic acid groups (broad SMARTS) is 1. The summed E-state index contributed by atoms with van der Waals surface area (Å²) in [5.74, 6) is -0.796. The maximum Gasteiger partial charge on any atom is 0.451 e. The van der Waals surface area contributed by atoms with Crippen molar-refractivity contribution in [3.8, 4) is 0 Å². The Hall–Kier alpha value is -0.625. The number of hydrogen-bond donors (Lipinski definition) is 4. The molecule has 24 heavy (non-hydrogen) atoms. The fourth-order valence-electron chi connectivity index (χ4n) is 4.24. The minimum Gasteiger partial charge on any atom is -0.480 e. The van der Waals surface area contributed by atoms with E-state index in [-0.39, 0.29) is 18.2 Å². The molecule has 7 heteroatoms. The number of nitrogens with two attached hydrogens (primary N) is 1. The number of aliphatic carboxylic acids is 1. The van der Waals surface area contributed by atoms with Crippen LogP contribution in [0.5, 0.6) is 0 Å². The van der Waals surface area contributed by atoms with Crippen LogP contribution < -0.4 is 5.73 Å². The second-order valence-electron chi connectivity index (χ2n) is 8.71. The first-order valence-electron chi connectivity index (χ1n) is 9.23. The summed E-state index contributed by atoms with van der Waals surface area (Å²) in [5, 5.41) is 27.8. The number of likely N-dealkylation sites (tertiary alicyclic amines) is 1. The number of carboxylic acids is 1. The van der Waals surface area contributed by atoms with Crippen LogP contribution in [-0.2, 0) is 4.79 Å². The van der Waals surface area contributed by atoms with Gasteiger partial charge in [-0.3, -0.25) is 4.79 Å². The number of rotatable bonds is 6. The average molecular weight is 340 g/mol. The van der Waals surface area contributed by atoms with Crippen LogP contribution in [0.2, 0.25) is 6.32 Å². The molecular formula is C17H33BN2O4. The highest BCUT2D eigenvalue weighted by molar-refractivity contribution is 6.40. The van der Waals surface area contributed by atoms with E-state index in [1.807, 2.05) is 0 Å². The Morgan fingerprint density at radius 3 is 2.42 bits per heavy atom. The topological polar surface area (TPSA) is 107 Å². The highest BCUT2D eigenvalue weighted by Crippen LogP contribution is 2.39. The van der Waals surface area contributed by atoms with E-state index in [2.05, 4.69) is 18.7 Å². The van der Waals surface area contributed by atoms with Crippen molar-refractivity contribution in [3.63, 3.8) is 0 Å². The van der Waals surface area contributed by atoms with E-state index in [0.29, 0.717) is 18.3 Å². The van der Waals surface area contributed by atoms with Crippen LogP contribution in [0.15, 0.2) is 0 Å². The summed E-state index contributed by atoms with van der Waals surface area (Å²) >= 11 is 0. The first-order valence-corrected chi connectivity index (χ1v) is 9.23. The van der Waals surface area contributed by atoms with E-state index in [4.69, 9.17) is 15.8 Å². The maximum absolute atomic E-state index is 11.9. The molecule has 0 aromatic rings. The van der Waals surface area contributed by atoms with Crippen LogP contribution in [0.4, 0.5) is 0 Å². The first kappa shape index (κ1) is 19.7. The third-order valence-corrected chi connectivity index (χ3v) is 6.20. The van der Waals surface area contributed by atoms with Crippen molar-refractivity contribution in [1.29, 1.82) is 0 Å². The summed E-state index contributed by atoms with van der Waals surface area (Å²) in [6.45, 7) is 7.36. The molecule has 0 spiro atoms. The number of piperidine rings is 1. The van der Waals surface area contributed by atoms with Crippen LogP contribution >= 0.6 is 0 Å². The van der Waals surface area contributed by atoms with Crippen molar-refractivity contribution in [1.82, 2.24) is 4.90 Å². The third kappa shape index (κ3) is 4.94. The van der Waals surface area contributed by atoms with Gasteiger partial charge in [-0.1, -0.05) is 20.3 Å². The Bertz CT molecular complexity index is 436. The molecule has 1 saturated carbocycles. The summed E-state index contributed by atoms with van der Waals surface area (Å²) in [6, 6.07) is 0. The molecule has 0 bridgehead atoms.